The van der Waals surface area contributed by atoms with Gasteiger partial charge in [-0.3, -0.25) is 10.1 Å². The Morgan fingerprint density at radius 2 is 2.11 bits per heavy atom. The van der Waals surface area contributed by atoms with E-state index >= 15 is 0 Å². The highest BCUT2D eigenvalue weighted by Gasteiger charge is 2.20. The number of H-pyrrole nitrogens is 1. The zero-order chi connectivity index (χ0) is 13.2. The number of hydrogen-bond acceptors (Lipinski definition) is 4. The zero-order valence-corrected chi connectivity index (χ0v) is 10.3. The van der Waals surface area contributed by atoms with E-state index in [1.807, 2.05) is 0 Å². The minimum Gasteiger partial charge on any atom is -0.341 e. The SMILES string of the molecule is O=[N+]([O-])c1ccc(-c2cnc(CNC3CC3)[nH]2)cc1. The number of nitrogens with one attached hydrogen (secondary N) is 2. The van der Waals surface area contributed by atoms with Crippen molar-refractivity contribution in [2.75, 3.05) is 0 Å². The molecule has 0 amide bonds. The Labute approximate surface area is 110 Å². The van der Waals surface area contributed by atoms with Crippen LogP contribution in [0, 0.1) is 10.1 Å². The predicted molar refractivity (Wildman–Crippen MR) is 70.5 cm³/mol. The van der Waals surface area contributed by atoms with Crippen molar-refractivity contribution in [1.82, 2.24) is 15.3 Å². The molecule has 0 spiro atoms. The van der Waals surface area contributed by atoms with Crippen LogP contribution >= 0.6 is 0 Å². The molecule has 6 nitrogen and oxygen atoms in total. The highest BCUT2D eigenvalue weighted by atomic mass is 16.6. The fraction of sp³-hybridized carbons (Fsp3) is 0.308. The Hall–Kier alpha value is -2.21. The molecule has 1 heterocycles. The van der Waals surface area contributed by atoms with Crippen LogP contribution in [0.25, 0.3) is 11.3 Å². The van der Waals surface area contributed by atoms with Gasteiger partial charge in [0.2, 0.25) is 0 Å². The van der Waals surface area contributed by atoms with Gasteiger partial charge in [-0.15, -0.1) is 0 Å². The van der Waals surface area contributed by atoms with Crippen molar-refractivity contribution >= 4 is 5.69 Å². The van der Waals surface area contributed by atoms with E-state index in [0.717, 1.165) is 23.6 Å². The number of non-ortho nitro benzene ring substituents is 1. The molecule has 0 saturated heterocycles. The van der Waals surface area contributed by atoms with Crippen molar-refractivity contribution in [3.05, 3.63) is 46.4 Å². The molecule has 6 heteroatoms. The van der Waals surface area contributed by atoms with Crippen LogP contribution in [0.15, 0.2) is 30.5 Å². The summed E-state index contributed by atoms with van der Waals surface area (Å²) in [5.41, 5.74) is 1.87. The molecule has 0 radical (unpaired) electrons. The smallest absolute Gasteiger partial charge is 0.269 e. The van der Waals surface area contributed by atoms with E-state index in [4.69, 9.17) is 0 Å². The van der Waals surface area contributed by atoms with Gasteiger partial charge in [-0.05, 0) is 25.0 Å². The number of benzene rings is 1. The van der Waals surface area contributed by atoms with Gasteiger partial charge in [-0.2, -0.15) is 0 Å². The lowest BCUT2D eigenvalue weighted by Gasteiger charge is -1.99. The Kier molecular flexibility index (Phi) is 3.00. The van der Waals surface area contributed by atoms with Crippen LogP contribution in [0.4, 0.5) is 5.69 Å². The Bertz CT molecular complexity index is 587. The number of aromatic amines is 1. The van der Waals surface area contributed by atoms with Gasteiger partial charge >= 0.3 is 0 Å². The molecule has 2 N–H and O–H groups in total. The van der Waals surface area contributed by atoms with Crippen LogP contribution in [-0.2, 0) is 6.54 Å². The summed E-state index contributed by atoms with van der Waals surface area (Å²) < 4.78 is 0. The first-order valence-electron chi connectivity index (χ1n) is 6.24. The minimum absolute atomic E-state index is 0.0962. The maximum atomic E-state index is 10.6. The molecule has 1 aromatic carbocycles. The van der Waals surface area contributed by atoms with E-state index in [2.05, 4.69) is 15.3 Å². The van der Waals surface area contributed by atoms with E-state index in [-0.39, 0.29) is 5.69 Å². The summed E-state index contributed by atoms with van der Waals surface area (Å²) in [5.74, 6) is 0.889. The molecule has 1 aromatic heterocycles. The maximum Gasteiger partial charge on any atom is 0.269 e. The number of aromatic nitrogens is 2. The maximum absolute atomic E-state index is 10.6. The largest absolute Gasteiger partial charge is 0.341 e. The molecule has 1 aliphatic carbocycles. The van der Waals surface area contributed by atoms with E-state index in [1.165, 1.54) is 25.0 Å². The van der Waals surface area contributed by atoms with Crippen LogP contribution in [0.2, 0.25) is 0 Å². The number of nitro groups is 1. The van der Waals surface area contributed by atoms with Gasteiger partial charge in [0.15, 0.2) is 0 Å². The average Bonchev–Trinajstić information content (AvgIpc) is 3.13. The van der Waals surface area contributed by atoms with Crippen molar-refractivity contribution < 1.29 is 4.92 Å². The second-order valence-corrected chi connectivity index (χ2v) is 4.70. The van der Waals surface area contributed by atoms with Gasteiger partial charge in [-0.25, -0.2) is 4.98 Å². The molecule has 1 aliphatic rings. The van der Waals surface area contributed by atoms with Crippen molar-refractivity contribution in [3.63, 3.8) is 0 Å². The van der Waals surface area contributed by atoms with Crippen LogP contribution in [0.5, 0.6) is 0 Å². The highest BCUT2D eigenvalue weighted by Crippen LogP contribution is 2.22. The van der Waals surface area contributed by atoms with Crippen LogP contribution < -0.4 is 5.32 Å². The van der Waals surface area contributed by atoms with Gasteiger partial charge in [0, 0.05) is 23.7 Å². The number of rotatable bonds is 5. The van der Waals surface area contributed by atoms with E-state index < -0.39 is 4.92 Å². The van der Waals surface area contributed by atoms with Gasteiger partial charge in [0.1, 0.15) is 5.82 Å². The van der Waals surface area contributed by atoms with E-state index in [9.17, 15) is 10.1 Å². The molecule has 0 atom stereocenters. The molecular weight excluding hydrogens is 244 g/mol. The number of nitro benzene ring substituents is 1. The van der Waals surface area contributed by atoms with Gasteiger partial charge in [0.25, 0.3) is 5.69 Å². The number of nitrogens with zero attached hydrogens (tertiary/aromatic N) is 2. The normalized spacial score (nSPS) is 14.5. The van der Waals surface area contributed by atoms with Crippen LogP contribution in [0.1, 0.15) is 18.7 Å². The monoisotopic (exact) mass is 258 g/mol. The molecule has 3 rings (SSSR count). The molecule has 0 unspecified atom stereocenters. The van der Waals surface area contributed by atoms with Gasteiger partial charge in [0.05, 0.1) is 23.4 Å². The third-order valence-electron chi connectivity index (χ3n) is 3.15. The first-order valence-corrected chi connectivity index (χ1v) is 6.24. The lowest BCUT2D eigenvalue weighted by molar-refractivity contribution is -0.384. The molecule has 98 valence electrons. The van der Waals surface area contributed by atoms with E-state index in [1.54, 1.807) is 18.3 Å². The Balaban J connectivity index is 1.71. The lowest BCUT2D eigenvalue weighted by atomic mass is 10.1. The van der Waals surface area contributed by atoms with Crippen LogP contribution in [-0.4, -0.2) is 20.9 Å². The fourth-order valence-corrected chi connectivity index (χ4v) is 1.89. The van der Waals surface area contributed by atoms with Crippen molar-refractivity contribution in [2.45, 2.75) is 25.4 Å². The third-order valence-corrected chi connectivity index (χ3v) is 3.15. The molecule has 1 fully saturated rings. The van der Waals surface area contributed by atoms with Gasteiger partial charge < -0.3 is 10.3 Å². The molecule has 1 saturated carbocycles. The minimum atomic E-state index is -0.401. The summed E-state index contributed by atoms with van der Waals surface area (Å²) in [7, 11) is 0. The summed E-state index contributed by atoms with van der Waals surface area (Å²) in [6.07, 6.45) is 4.25. The predicted octanol–water partition coefficient (Wildman–Crippen LogP) is 2.24. The second kappa shape index (κ2) is 4.81. The van der Waals surface area contributed by atoms with E-state index in [0.29, 0.717) is 6.04 Å². The van der Waals surface area contributed by atoms with Crippen molar-refractivity contribution in [1.29, 1.82) is 0 Å². The molecule has 0 bridgehead atoms. The summed E-state index contributed by atoms with van der Waals surface area (Å²) in [4.78, 5) is 17.7. The topological polar surface area (TPSA) is 83.8 Å². The zero-order valence-electron chi connectivity index (χ0n) is 10.3. The molecular formula is C13H14N4O2. The third kappa shape index (κ3) is 2.79. The summed E-state index contributed by atoms with van der Waals surface area (Å²) in [5, 5.41) is 14.0. The summed E-state index contributed by atoms with van der Waals surface area (Å²) in [6.45, 7) is 0.734. The Morgan fingerprint density at radius 3 is 2.74 bits per heavy atom. The van der Waals surface area contributed by atoms with Gasteiger partial charge in [-0.1, -0.05) is 0 Å². The second-order valence-electron chi connectivity index (χ2n) is 4.70. The first-order chi connectivity index (χ1) is 9.22. The van der Waals surface area contributed by atoms with Crippen LogP contribution in [0.3, 0.4) is 0 Å². The molecule has 19 heavy (non-hydrogen) atoms. The Morgan fingerprint density at radius 1 is 1.37 bits per heavy atom. The first kappa shape index (κ1) is 11.9. The standard InChI is InChI=1S/C13H14N4O2/c18-17(19)11-5-1-9(2-6-11)12-7-15-13(16-12)8-14-10-3-4-10/h1-2,5-7,10,14H,3-4,8H2,(H,15,16). The average molecular weight is 258 g/mol. The quantitative estimate of drug-likeness (QED) is 0.636. The summed E-state index contributed by atoms with van der Waals surface area (Å²) in [6, 6.07) is 7.09. The fourth-order valence-electron chi connectivity index (χ4n) is 1.89. The molecule has 2 aromatic rings. The molecule has 0 aliphatic heterocycles. The number of hydrogen-bond donors (Lipinski definition) is 2. The summed E-state index contributed by atoms with van der Waals surface area (Å²) >= 11 is 0. The lowest BCUT2D eigenvalue weighted by Crippen LogP contribution is -2.16. The highest BCUT2D eigenvalue weighted by molar-refractivity contribution is 5.60. The van der Waals surface area contributed by atoms with Crippen molar-refractivity contribution in [3.8, 4) is 11.3 Å². The van der Waals surface area contributed by atoms with Crippen molar-refractivity contribution in [2.24, 2.45) is 0 Å². The number of imidazole rings is 1.